The van der Waals surface area contributed by atoms with Gasteiger partial charge in [0.15, 0.2) is 0 Å². The Morgan fingerprint density at radius 3 is 2.80 bits per heavy atom. The molecule has 1 heterocycles. The van der Waals surface area contributed by atoms with Crippen LogP contribution in [0.15, 0.2) is 29.0 Å². The van der Waals surface area contributed by atoms with Gasteiger partial charge in [0.1, 0.15) is 18.0 Å². The molecule has 2 aromatic rings. The number of halogens is 2. The molecule has 1 aromatic heterocycles. The lowest BCUT2D eigenvalue weighted by atomic mass is 9.76. The molecule has 1 saturated carbocycles. The zero-order valence-corrected chi connectivity index (χ0v) is 12.1. The van der Waals surface area contributed by atoms with Gasteiger partial charge in [-0.05, 0) is 53.4 Å². The van der Waals surface area contributed by atoms with Crippen molar-refractivity contribution in [3.63, 3.8) is 0 Å². The van der Waals surface area contributed by atoms with Crippen LogP contribution < -0.4 is 5.32 Å². The van der Waals surface area contributed by atoms with Crippen molar-refractivity contribution in [3.05, 3.63) is 46.2 Å². The van der Waals surface area contributed by atoms with Gasteiger partial charge in [-0.1, -0.05) is 0 Å². The van der Waals surface area contributed by atoms with Crippen molar-refractivity contribution in [1.29, 1.82) is 0 Å². The number of carbonyl (C=O) groups is 1. The molecule has 3 rings (SSSR count). The lowest BCUT2D eigenvalue weighted by molar-refractivity contribution is 0.0809. The minimum atomic E-state index is -0.485. The fraction of sp³-hybridized carbons (Fsp3) is 0.308. The molecule has 7 heteroatoms. The number of aromatic nitrogens is 3. The van der Waals surface area contributed by atoms with Gasteiger partial charge in [0.05, 0.1) is 11.1 Å². The van der Waals surface area contributed by atoms with Crippen molar-refractivity contribution in [2.24, 2.45) is 0 Å². The normalized spacial score (nSPS) is 16.5. The predicted molar refractivity (Wildman–Crippen MR) is 73.5 cm³/mol. The molecule has 20 heavy (non-hydrogen) atoms. The van der Waals surface area contributed by atoms with Gasteiger partial charge in [-0.15, -0.1) is 0 Å². The first-order valence-corrected chi connectivity index (χ1v) is 7.03. The van der Waals surface area contributed by atoms with E-state index in [1.807, 2.05) is 0 Å². The number of hydrogen-bond acceptors (Lipinski definition) is 3. The molecule has 5 nitrogen and oxygen atoms in total. The molecular formula is C13H12BrFN4O. The molecule has 0 unspecified atom stereocenters. The van der Waals surface area contributed by atoms with Crippen LogP contribution in [0.1, 0.15) is 35.4 Å². The molecule has 2 N–H and O–H groups in total. The zero-order chi connectivity index (χ0) is 14.2. The predicted octanol–water partition coefficient (Wildman–Crippen LogP) is 2.52. The molecule has 0 spiro atoms. The van der Waals surface area contributed by atoms with Gasteiger partial charge in [0.2, 0.25) is 0 Å². The maximum absolute atomic E-state index is 13.1. The Morgan fingerprint density at radius 2 is 2.25 bits per heavy atom. The number of hydrogen-bond donors (Lipinski definition) is 2. The van der Waals surface area contributed by atoms with Crippen molar-refractivity contribution in [2.75, 3.05) is 0 Å². The van der Waals surface area contributed by atoms with Crippen LogP contribution in [0.25, 0.3) is 0 Å². The van der Waals surface area contributed by atoms with Crippen LogP contribution in [0.4, 0.5) is 4.39 Å². The summed E-state index contributed by atoms with van der Waals surface area (Å²) in [7, 11) is 0. The Balaban J connectivity index is 1.85. The summed E-state index contributed by atoms with van der Waals surface area (Å²) in [5.74, 6) is 0.0188. The number of carbonyl (C=O) groups excluding carboxylic acids is 1. The number of nitrogens with zero attached hydrogens (tertiary/aromatic N) is 2. The largest absolute Gasteiger partial charge is 0.339 e. The highest BCUT2D eigenvalue weighted by molar-refractivity contribution is 9.10. The quantitative estimate of drug-likeness (QED) is 0.903. The van der Waals surface area contributed by atoms with Gasteiger partial charge < -0.3 is 5.32 Å². The lowest BCUT2D eigenvalue weighted by Crippen LogP contribution is -2.51. The molecule has 1 aliphatic rings. The Hall–Kier alpha value is -1.76. The molecular weight excluding hydrogens is 327 g/mol. The Labute approximate surface area is 123 Å². The summed E-state index contributed by atoms with van der Waals surface area (Å²) in [6, 6.07) is 4.00. The standard InChI is InChI=1S/C13H12BrFN4O/c14-10-6-8(15)2-3-9(10)11(20)18-13(4-1-5-13)12-16-7-17-19-12/h2-3,6-7H,1,4-5H2,(H,18,20)(H,16,17,19). The van der Waals surface area contributed by atoms with E-state index in [1.165, 1.54) is 24.5 Å². The molecule has 1 fully saturated rings. The van der Waals surface area contributed by atoms with E-state index in [2.05, 4.69) is 36.4 Å². The second-order valence-electron chi connectivity index (χ2n) is 4.85. The maximum Gasteiger partial charge on any atom is 0.253 e. The van der Waals surface area contributed by atoms with Crippen molar-refractivity contribution in [2.45, 2.75) is 24.8 Å². The number of benzene rings is 1. The SMILES string of the molecule is O=C(NC1(c2ncn[nH]2)CCC1)c1ccc(F)cc1Br. The third-order valence-corrected chi connectivity index (χ3v) is 4.26. The van der Waals surface area contributed by atoms with E-state index in [0.29, 0.717) is 15.9 Å². The minimum absolute atomic E-state index is 0.257. The first kappa shape index (κ1) is 13.2. The van der Waals surface area contributed by atoms with Crippen LogP contribution in [0, 0.1) is 5.82 Å². The maximum atomic E-state index is 13.1. The van der Waals surface area contributed by atoms with Gasteiger partial charge in [-0.25, -0.2) is 9.37 Å². The molecule has 104 valence electrons. The topological polar surface area (TPSA) is 70.7 Å². The Bertz CT molecular complexity index is 640. The molecule has 0 bridgehead atoms. The summed E-state index contributed by atoms with van der Waals surface area (Å²) in [4.78, 5) is 16.5. The lowest BCUT2D eigenvalue weighted by Gasteiger charge is -2.40. The van der Waals surface area contributed by atoms with E-state index in [-0.39, 0.29) is 11.7 Å². The van der Waals surface area contributed by atoms with Crippen molar-refractivity contribution < 1.29 is 9.18 Å². The highest BCUT2D eigenvalue weighted by Crippen LogP contribution is 2.39. The fourth-order valence-electron chi connectivity index (χ4n) is 2.35. The smallest absolute Gasteiger partial charge is 0.253 e. The van der Waals surface area contributed by atoms with E-state index in [4.69, 9.17) is 0 Å². The number of aromatic amines is 1. The highest BCUT2D eigenvalue weighted by atomic mass is 79.9. The molecule has 0 saturated heterocycles. The third-order valence-electron chi connectivity index (χ3n) is 3.60. The van der Waals surface area contributed by atoms with Gasteiger partial charge in [-0.2, -0.15) is 5.10 Å². The monoisotopic (exact) mass is 338 g/mol. The molecule has 0 radical (unpaired) electrons. The van der Waals surface area contributed by atoms with Crippen molar-refractivity contribution in [1.82, 2.24) is 20.5 Å². The first-order chi connectivity index (χ1) is 9.61. The summed E-state index contributed by atoms with van der Waals surface area (Å²) in [6.45, 7) is 0. The van der Waals surface area contributed by atoms with Crippen LogP contribution in [-0.4, -0.2) is 21.1 Å². The van der Waals surface area contributed by atoms with Gasteiger partial charge in [0, 0.05) is 4.47 Å². The van der Waals surface area contributed by atoms with Crippen LogP contribution in [0.2, 0.25) is 0 Å². The summed E-state index contributed by atoms with van der Waals surface area (Å²) in [6.07, 6.45) is 4.07. The van der Waals surface area contributed by atoms with Crippen LogP contribution in [-0.2, 0) is 5.54 Å². The summed E-state index contributed by atoms with van der Waals surface area (Å²) in [5, 5.41) is 9.63. The highest BCUT2D eigenvalue weighted by Gasteiger charge is 2.43. The third kappa shape index (κ3) is 2.22. The van der Waals surface area contributed by atoms with E-state index < -0.39 is 5.54 Å². The summed E-state index contributed by atoms with van der Waals surface area (Å²) < 4.78 is 13.5. The number of rotatable bonds is 3. The average Bonchev–Trinajstić information content (AvgIpc) is 2.87. The minimum Gasteiger partial charge on any atom is -0.339 e. The number of amides is 1. The van der Waals surface area contributed by atoms with Crippen LogP contribution in [0.5, 0.6) is 0 Å². The Kier molecular flexibility index (Phi) is 3.29. The molecule has 1 aliphatic carbocycles. The number of nitrogens with one attached hydrogen (secondary N) is 2. The van der Waals surface area contributed by atoms with E-state index in [1.54, 1.807) is 0 Å². The summed E-state index contributed by atoms with van der Waals surface area (Å²) in [5.41, 5.74) is -0.0845. The molecule has 0 atom stereocenters. The fourth-order valence-corrected chi connectivity index (χ4v) is 2.88. The van der Waals surface area contributed by atoms with E-state index in [0.717, 1.165) is 19.3 Å². The van der Waals surface area contributed by atoms with Crippen molar-refractivity contribution >= 4 is 21.8 Å². The average molecular weight is 339 g/mol. The molecule has 0 aliphatic heterocycles. The first-order valence-electron chi connectivity index (χ1n) is 6.24. The zero-order valence-electron chi connectivity index (χ0n) is 10.5. The van der Waals surface area contributed by atoms with Crippen molar-refractivity contribution in [3.8, 4) is 0 Å². The van der Waals surface area contributed by atoms with E-state index in [9.17, 15) is 9.18 Å². The Morgan fingerprint density at radius 1 is 1.45 bits per heavy atom. The van der Waals surface area contributed by atoms with Gasteiger partial charge in [-0.3, -0.25) is 9.89 Å². The van der Waals surface area contributed by atoms with Crippen LogP contribution >= 0.6 is 15.9 Å². The summed E-state index contributed by atoms with van der Waals surface area (Å²) >= 11 is 3.21. The second kappa shape index (κ2) is 4.97. The van der Waals surface area contributed by atoms with Gasteiger partial charge >= 0.3 is 0 Å². The van der Waals surface area contributed by atoms with E-state index >= 15 is 0 Å². The second-order valence-corrected chi connectivity index (χ2v) is 5.70. The molecule has 1 amide bonds. The molecule has 1 aromatic carbocycles. The van der Waals surface area contributed by atoms with Crippen LogP contribution in [0.3, 0.4) is 0 Å². The van der Waals surface area contributed by atoms with Gasteiger partial charge in [0.25, 0.3) is 5.91 Å². The number of H-pyrrole nitrogens is 1.